The molecule has 0 aliphatic carbocycles. The van der Waals surface area contributed by atoms with Gasteiger partial charge >= 0.3 is 0 Å². The number of carbonyl (C=O) groups is 2. The number of hydrogen-bond acceptors (Lipinski definition) is 6. The minimum absolute atomic E-state index is 0.0797. The van der Waals surface area contributed by atoms with Crippen LogP contribution in [0.1, 0.15) is 32.1 Å². The molecule has 0 saturated heterocycles. The van der Waals surface area contributed by atoms with E-state index in [-0.39, 0.29) is 16.4 Å². The van der Waals surface area contributed by atoms with Crippen LogP contribution in [0.25, 0.3) is 22.0 Å². The number of fused-ring (bicyclic) bond motifs is 1. The Morgan fingerprint density at radius 2 is 1.76 bits per heavy atom. The number of halogens is 1. The summed E-state index contributed by atoms with van der Waals surface area (Å²) in [7, 11) is 0. The van der Waals surface area contributed by atoms with Gasteiger partial charge in [0, 0.05) is 29.0 Å². The largest absolute Gasteiger partial charge is 0.364 e. The molecule has 2 amide bonds. The minimum Gasteiger partial charge on any atom is -0.364 e. The fraction of sp³-hybridized carbons (Fsp3) is 0.0690. The lowest BCUT2D eigenvalue weighted by Crippen LogP contribution is -2.15. The molecule has 5 aromatic rings. The quantitative estimate of drug-likeness (QED) is 0.249. The van der Waals surface area contributed by atoms with E-state index in [2.05, 4.69) is 25.6 Å². The normalized spacial score (nSPS) is 10.8. The van der Waals surface area contributed by atoms with Crippen molar-refractivity contribution in [3.05, 3.63) is 107 Å². The van der Waals surface area contributed by atoms with Gasteiger partial charge in [0.2, 0.25) is 0 Å². The summed E-state index contributed by atoms with van der Waals surface area (Å²) in [5.41, 5.74) is 11.8. The van der Waals surface area contributed by atoms with Gasteiger partial charge in [0.15, 0.2) is 0 Å². The molecule has 0 atom stereocenters. The second kappa shape index (κ2) is 10.3. The van der Waals surface area contributed by atoms with Crippen molar-refractivity contribution >= 4 is 51.4 Å². The van der Waals surface area contributed by atoms with Crippen molar-refractivity contribution in [1.82, 2.24) is 15.0 Å². The Hall–Kier alpha value is -4.82. The highest BCUT2D eigenvalue weighted by Crippen LogP contribution is 2.38. The lowest BCUT2D eigenvalue weighted by molar-refractivity contribution is 0.0993. The summed E-state index contributed by atoms with van der Waals surface area (Å²) >= 11 is 6.88. The van der Waals surface area contributed by atoms with Gasteiger partial charge in [-0.2, -0.15) is 0 Å². The van der Waals surface area contributed by atoms with E-state index in [0.29, 0.717) is 22.3 Å². The number of aromatic nitrogens is 3. The summed E-state index contributed by atoms with van der Waals surface area (Å²) in [6, 6.07) is 18.5. The van der Waals surface area contributed by atoms with Crippen LogP contribution in [0, 0.1) is 13.8 Å². The monoisotopic (exact) mass is 522 g/mol. The van der Waals surface area contributed by atoms with Gasteiger partial charge in [-0.1, -0.05) is 35.9 Å². The van der Waals surface area contributed by atoms with Crippen molar-refractivity contribution in [3.63, 3.8) is 0 Å². The maximum absolute atomic E-state index is 13.2. The van der Waals surface area contributed by atoms with Crippen molar-refractivity contribution in [3.8, 4) is 11.1 Å². The standard InChI is InChI=1S/C29H23ClN6O2/c1-16-5-6-17(2)24(12-16)36-26-21-13-18(19-8-10-23(28(31)37)33-14-19)7-9-22(21)35-27(25(26)30)29(38)34-20-4-3-11-32-15-20/h3-15H,1-2H3,(H2,31,37)(H,34,38)(H,35,36). The van der Waals surface area contributed by atoms with Crippen molar-refractivity contribution in [2.45, 2.75) is 13.8 Å². The number of primary amides is 1. The Labute approximate surface area is 223 Å². The van der Waals surface area contributed by atoms with Gasteiger partial charge in [0.1, 0.15) is 11.4 Å². The first kappa shape index (κ1) is 24.9. The first-order chi connectivity index (χ1) is 18.3. The van der Waals surface area contributed by atoms with Crippen LogP contribution >= 0.6 is 11.6 Å². The molecule has 0 aliphatic rings. The van der Waals surface area contributed by atoms with E-state index in [1.807, 2.05) is 50.2 Å². The average Bonchev–Trinajstić information content (AvgIpc) is 2.92. The zero-order chi connectivity index (χ0) is 26.8. The molecule has 0 saturated carbocycles. The molecule has 38 heavy (non-hydrogen) atoms. The van der Waals surface area contributed by atoms with E-state index in [0.717, 1.165) is 27.9 Å². The molecule has 2 aromatic carbocycles. The van der Waals surface area contributed by atoms with Crippen molar-refractivity contribution in [2.75, 3.05) is 10.6 Å². The van der Waals surface area contributed by atoms with Crippen LogP contribution in [0.3, 0.4) is 0 Å². The van der Waals surface area contributed by atoms with E-state index in [1.165, 1.54) is 0 Å². The molecule has 188 valence electrons. The number of nitrogens with two attached hydrogens (primary N) is 1. The average molecular weight is 523 g/mol. The maximum atomic E-state index is 13.2. The number of anilines is 3. The highest BCUT2D eigenvalue weighted by atomic mass is 35.5. The first-order valence-electron chi connectivity index (χ1n) is 11.8. The Kier molecular flexibility index (Phi) is 6.72. The predicted molar refractivity (Wildman–Crippen MR) is 150 cm³/mol. The van der Waals surface area contributed by atoms with Crippen LogP contribution in [-0.2, 0) is 0 Å². The lowest BCUT2D eigenvalue weighted by atomic mass is 10.0. The van der Waals surface area contributed by atoms with Crippen LogP contribution in [0.5, 0.6) is 0 Å². The Bertz CT molecular complexity index is 1690. The van der Waals surface area contributed by atoms with Gasteiger partial charge in [-0.25, -0.2) is 4.98 Å². The zero-order valence-electron chi connectivity index (χ0n) is 20.6. The van der Waals surface area contributed by atoms with Gasteiger partial charge in [0.25, 0.3) is 11.8 Å². The highest BCUT2D eigenvalue weighted by molar-refractivity contribution is 6.38. The highest BCUT2D eigenvalue weighted by Gasteiger charge is 2.21. The molecule has 0 spiro atoms. The summed E-state index contributed by atoms with van der Waals surface area (Å²) in [6.45, 7) is 4.00. The minimum atomic E-state index is -0.594. The Morgan fingerprint density at radius 3 is 2.47 bits per heavy atom. The van der Waals surface area contributed by atoms with Crippen molar-refractivity contribution < 1.29 is 9.59 Å². The Balaban J connectivity index is 1.65. The SMILES string of the molecule is Cc1ccc(C)c(Nc2c(Cl)c(C(=O)Nc3cccnc3)nc3ccc(-c4ccc(C(N)=O)nc4)cc23)c1. The third-order valence-corrected chi connectivity index (χ3v) is 6.43. The number of carbonyl (C=O) groups excluding carboxylic acids is 2. The zero-order valence-corrected chi connectivity index (χ0v) is 21.4. The molecular formula is C29H23ClN6O2. The third kappa shape index (κ3) is 5.02. The molecule has 0 radical (unpaired) electrons. The summed E-state index contributed by atoms with van der Waals surface area (Å²) in [4.78, 5) is 37.4. The number of aryl methyl sites for hydroxylation is 2. The fourth-order valence-corrected chi connectivity index (χ4v) is 4.31. The van der Waals surface area contributed by atoms with Gasteiger partial charge in [-0.15, -0.1) is 0 Å². The molecule has 8 nitrogen and oxygen atoms in total. The molecule has 5 rings (SSSR count). The topological polar surface area (TPSA) is 123 Å². The summed E-state index contributed by atoms with van der Waals surface area (Å²) < 4.78 is 0. The number of nitrogens with one attached hydrogen (secondary N) is 2. The van der Waals surface area contributed by atoms with Crippen LogP contribution in [0.2, 0.25) is 5.02 Å². The van der Waals surface area contributed by atoms with Crippen molar-refractivity contribution in [2.24, 2.45) is 5.73 Å². The third-order valence-electron chi connectivity index (χ3n) is 6.06. The van der Waals surface area contributed by atoms with E-state index in [1.54, 1.807) is 42.9 Å². The molecule has 0 bridgehead atoms. The van der Waals surface area contributed by atoms with Gasteiger partial charge < -0.3 is 16.4 Å². The number of nitrogens with zero attached hydrogens (tertiary/aromatic N) is 3. The molecule has 0 aliphatic heterocycles. The van der Waals surface area contributed by atoms with E-state index in [9.17, 15) is 9.59 Å². The molecule has 3 heterocycles. The molecule has 0 unspecified atom stereocenters. The van der Waals surface area contributed by atoms with E-state index >= 15 is 0 Å². The van der Waals surface area contributed by atoms with E-state index < -0.39 is 11.8 Å². The molecule has 9 heteroatoms. The number of amides is 2. The van der Waals surface area contributed by atoms with Gasteiger partial charge in [-0.3, -0.25) is 19.6 Å². The summed E-state index contributed by atoms with van der Waals surface area (Å²) in [5, 5.41) is 7.14. The molecule has 3 aromatic heterocycles. The fourth-order valence-electron chi connectivity index (χ4n) is 4.03. The molecule has 0 fully saturated rings. The molecule has 4 N–H and O–H groups in total. The Morgan fingerprint density at radius 1 is 0.947 bits per heavy atom. The first-order valence-corrected chi connectivity index (χ1v) is 12.1. The van der Waals surface area contributed by atoms with Crippen LogP contribution in [0.15, 0.2) is 79.3 Å². The maximum Gasteiger partial charge on any atom is 0.275 e. The van der Waals surface area contributed by atoms with Crippen molar-refractivity contribution in [1.29, 1.82) is 0 Å². The molecular weight excluding hydrogens is 500 g/mol. The summed E-state index contributed by atoms with van der Waals surface area (Å²) in [6.07, 6.45) is 4.76. The number of hydrogen-bond donors (Lipinski definition) is 3. The summed E-state index contributed by atoms with van der Waals surface area (Å²) in [5.74, 6) is -1.05. The van der Waals surface area contributed by atoms with Gasteiger partial charge in [-0.05, 0) is 66.9 Å². The number of pyridine rings is 3. The second-order valence-electron chi connectivity index (χ2n) is 8.82. The number of rotatable bonds is 6. The smallest absolute Gasteiger partial charge is 0.275 e. The second-order valence-corrected chi connectivity index (χ2v) is 9.19. The van der Waals surface area contributed by atoms with Crippen LogP contribution < -0.4 is 16.4 Å². The lowest BCUT2D eigenvalue weighted by Gasteiger charge is -2.17. The van der Waals surface area contributed by atoms with E-state index in [4.69, 9.17) is 17.3 Å². The predicted octanol–water partition coefficient (Wildman–Crippen LogP) is 6.06. The number of benzene rings is 2. The van der Waals surface area contributed by atoms with Crippen LogP contribution in [0.4, 0.5) is 17.1 Å². The van der Waals surface area contributed by atoms with Crippen LogP contribution in [-0.4, -0.2) is 26.8 Å². The van der Waals surface area contributed by atoms with Gasteiger partial charge in [0.05, 0.1) is 28.1 Å².